The van der Waals surface area contributed by atoms with Crippen LogP contribution in [-0.4, -0.2) is 11.1 Å². The molecule has 0 aliphatic rings. The second kappa shape index (κ2) is 3.14. The molecule has 0 saturated carbocycles. The van der Waals surface area contributed by atoms with E-state index in [2.05, 4.69) is 0 Å². The molecule has 0 aliphatic carbocycles. The summed E-state index contributed by atoms with van der Waals surface area (Å²) in [6, 6.07) is 6.82. The van der Waals surface area contributed by atoms with Crippen LogP contribution in [0.15, 0.2) is 22.6 Å². The molecule has 1 aromatic carbocycles. The molecule has 74 valence electrons. The molecule has 0 bridgehead atoms. The smallest absolute Gasteiger partial charge is 0.372 e. The fourth-order valence-corrected chi connectivity index (χ4v) is 1.49. The lowest BCUT2D eigenvalue weighted by molar-refractivity contribution is 0.0664. The van der Waals surface area contributed by atoms with E-state index in [1.165, 1.54) is 0 Å². The van der Waals surface area contributed by atoms with Gasteiger partial charge in [-0.05, 0) is 25.1 Å². The van der Waals surface area contributed by atoms with Gasteiger partial charge in [-0.25, -0.2) is 4.79 Å². The average Bonchev–Trinajstić information content (AvgIpc) is 2.56. The highest BCUT2D eigenvalue weighted by Gasteiger charge is 2.16. The zero-order valence-electron chi connectivity index (χ0n) is 7.94. The van der Waals surface area contributed by atoms with Crippen molar-refractivity contribution in [2.75, 3.05) is 0 Å². The van der Waals surface area contributed by atoms with Crippen molar-refractivity contribution < 1.29 is 14.3 Å². The molecule has 0 aliphatic heterocycles. The number of hydrogen-bond acceptors (Lipinski definition) is 3. The highest BCUT2D eigenvalue weighted by Crippen LogP contribution is 2.25. The third kappa shape index (κ3) is 1.34. The van der Waals surface area contributed by atoms with Gasteiger partial charge in [0.2, 0.25) is 5.76 Å². The monoisotopic (exact) mass is 201 g/mol. The molecule has 0 spiro atoms. The van der Waals surface area contributed by atoms with Crippen LogP contribution in [0.3, 0.4) is 0 Å². The van der Waals surface area contributed by atoms with Crippen LogP contribution in [0.1, 0.15) is 21.7 Å². The van der Waals surface area contributed by atoms with Crippen molar-refractivity contribution in [2.45, 2.75) is 6.92 Å². The molecule has 0 unspecified atom stereocenters. The molecule has 0 atom stereocenters. The summed E-state index contributed by atoms with van der Waals surface area (Å²) in [5, 5.41) is 18.2. The summed E-state index contributed by atoms with van der Waals surface area (Å²) < 4.78 is 5.15. The van der Waals surface area contributed by atoms with Gasteiger partial charge in [-0.2, -0.15) is 5.26 Å². The number of nitrogens with zero attached hydrogens (tertiary/aromatic N) is 1. The maximum Gasteiger partial charge on any atom is 0.372 e. The van der Waals surface area contributed by atoms with Crippen molar-refractivity contribution in [3.8, 4) is 6.07 Å². The zero-order chi connectivity index (χ0) is 11.0. The average molecular weight is 201 g/mol. The minimum Gasteiger partial charge on any atom is -0.475 e. The van der Waals surface area contributed by atoms with Gasteiger partial charge in [0.25, 0.3) is 0 Å². The second-order valence-corrected chi connectivity index (χ2v) is 3.18. The molecular formula is C11H7NO3. The van der Waals surface area contributed by atoms with Crippen molar-refractivity contribution in [1.29, 1.82) is 5.26 Å². The van der Waals surface area contributed by atoms with Gasteiger partial charge in [0.1, 0.15) is 5.58 Å². The third-order valence-corrected chi connectivity index (χ3v) is 2.26. The first kappa shape index (κ1) is 9.28. The van der Waals surface area contributed by atoms with Gasteiger partial charge in [0, 0.05) is 10.9 Å². The van der Waals surface area contributed by atoms with Crippen LogP contribution in [0, 0.1) is 18.3 Å². The van der Waals surface area contributed by atoms with Crippen molar-refractivity contribution in [2.24, 2.45) is 0 Å². The van der Waals surface area contributed by atoms with Crippen LogP contribution < -0.4 is 0 Å². The first-order chi connectivity index (χ1) is 7.13. The van der Waals surface area contributed by atoms with Gasteiger partial charge in [-0.3, -0.25) is 0 Å². The van der Waals surface area contributed by atoms with Gasteiger partial charge in [-0.1, -0.05) is 0 Å². The van der Waals surface area contributed by atoms with Crippen LogP contribution in [0.2, 0.25) is 0 Å². The van der Waals surface area contributed by atoms with E-state index in [4.69, 9.17) is 14.8 Å². The normalized spacial score (nSPS) is 10.1. The summed E-state index contributed by atoms with van der Waals surface area (Å²) in [7, 11) is 0. The molecule has 4 heteroatoms. The summed E-state index contributed by atoms with van der Waals surface area (Å²) in [6.45, 7) is 1.66. The minimum absolute atomic E-state index is 0.0694. The Balaban J connectivity index is 2.79. The number of fused-ring (bicyclic) bond motifs is 1. The summed E-state index contributed by atoms with van der Waals surface area (Å²) in [5.41, 5.74) is 1.53. The number of benzene rings is 1. The van der Waals surface area contributed by atoms with E-state index in [1.807, 2.05) is 6.07 Å². The number of carbonyl (C=O) groups is 1. The first-order valence-corrected chi connectivity index (χ1v) is 4.30. The molecule has 0 radical (unpaired) electrons. The zero-order valence-corrected chi connectivity index (χ0v) is 7.94. The lowest BCUT2D eigenvalue weighted by Crippen LogP contribution is -1.95. The van der Waals surface area contributed by atoms with Crippen LogP contribution >= 0.6 is 0 Å². The molecule has 2 rings (SSSR count). The predicted molar refractivity (Wildman–Crippen MR) is 52.6 cm³/mol. The Morgan fingerprint density at radius 2 is 2.27 bits per heavy atom. The van der Waals surface area contributed by atoms with Crippen molar-refractivity contribution in [3.63, 3.8) is 0 Å². The number of carboxylic acids is 1. The number of aromatic carboxylic acids is 1. The number of nitriles is 1. The van der Waals surface area contributed by atoms with Crippen LogP contribution in [0.5, 0.6) is 0 Å². The van der Waals surface area contributed by atoms with Gasteiger partial charge in [-0.15, -0.1) is 0 Å². The quantitative estimate of drug-likeness (QED) is 0.768. The maximum absolute atomic E-state index is 10.8. The topological polar surface area (TPSA) is 74.2 Å². The maximum atomic E-state index is 10.8. The van der Waals surface area contributed by atoms with Crippen molar-refractivity contribution in [3.05, 3.63) is 35.1 Å². The molecule has 0 fully saturated rings. The third-order valence-electron chi connectivity index (χ3n) is 2.26. The molecule has 4 nitrogen and oxygen atoms in total. The Morgan fingerprint density at radius 3 is 2.87 bits per heavy atom. The second-order valence-electron chi connectivity index (χ2n) is 3.18. The Morgan fingerprint density at radius 1 is 1.53 bits per heavy atom. The standard InChI is InChI=1S/C11H7NO3/c1-6-8-4-7(5-12)2-3-9(8)15-10(6)11(13)14/h2-4H,1H3,(H,13,14). The van der Waals surface area contributed by atoms with Gasteiger partial charge < -0.3 is 9.52 Å². The van der Waals surface area contributed by atoms with Crippen molar-refractivity contribution in [1.82, 2.24) is 0 Å². The SMILES string of the molecule is Cc1c(C(=O)O)oc2ccc(C#N)cc12. The molecule has 15 heavy (non-hydrogen) atoms. The van der Waals surface area contributed by atoms with E-state index < -0.39 is 5.97 Å². The molecule has 2 aromatic rings. The highest BCUT2D eigenvalue weighted by atomic mass is 16.4. The fourth-order valence-electron chi connectivity index (χ4n) is 1.49. The summed E-state index contributed by atoms with van der Waals surface area (Å²) in [4.78, 5) is 10.8. The van der Waals surface area contributed by atoms with E-state index in [0.29, 0.717) is 22.1 Å². The van der Waals surface area contributed by atoms with E-state index >= 15 is 0 Å². The lowest BCUT2D eigenvalue weighted by Gasteiger charge is -1.89. The van der Waals surface area contributed by atoms with E-state index in [0.717, 1.165) is 0 Å². The molecule has 1 N–H and O–H groups in total. The van der Waals surface area contributed by atoms with E-state index in [1.54, 1.807) is 25.1 Å². The highest BCUT2D eigenvalue weighted by molar-refractivity contribution is 5.95. The van der Waals surface area contributed by atoms with Crippen LogP contribution in [0.4, 0.5) is 0 Å². The molecule has 1 heterocycles. The predicted octanol–water partition coefficient (Wildman–Crippen LogP) is 2.31. The summed E-state index contributed by atoms with van der Waals surface area (Å²) in [6.07, 6.45) is 0. The van der Waals surface area contributed by atoms with Crippen LogP contribution in [-0.2, 0) is 0 Å². The molecular weight excluding hydrogens is 194 g/mol. The number of furan rings is 1. The molecule has 1 aromatic heterocycles. The summed E-state index contributed by atoms with van der Waals surface area (Å²) in [5.74, 6) is -1.16. The summed E-state index contributed by atoms with van der Waals surface area (Å²) >= 11 is 0. The Hall–Kier alpha value is -2.28. The fraction of sp³-hybridized carbons (Fsp3) is 0.0909. The largest absolute Gasteiger partial charge is 0.475 e. The number of hydrogen-bond donors (Lipinski definition) is 1. The van der Waals surface area contributed by atoms with Crippen molar-refractivity contribution >= 4 is 16.9 Å². The van der Waals surface area contributed by atoms with E-state index in [-0.39, 0.29) is 5.76 Å². The number of carboxylic acid groups (broad SMARTS) is 1. The lowest BCUT2D eigenvalue weighted by atomic mass is 10.1. The first-order valence-electron chi connectivity index (χ1n) is 4.30. The van der Waals surface area contributed by atoms with E-state index in [9.17, 15) is 4.79 Å². The Kier molecular flexibility index (Phi) is 1.94. The molecule has 0 amide bonds. The number of aryl methyl sites for hydroxylation is 1. The van der Waals surface area contributed by atoms with Gasteiger partial charge >= 0.3 is 5.97 Å². The minimum atomic E-state index is -1.10. The number of rotatable bonds is 1. The van der Waals surface area contributed by atoms with Crippen LogP contribution in [0.25, 0.3) is 11.0 Å². The Labute approximate surface area is 85.4 Å². The Bertz CT molecular complexity index is 590. The van der Waals surface area contributed by atoms with Gasteiger partial charge in [0.15, 0.2) is 0 Å². The van der Waals surface area contributed by atoms with Gasteiger partial charge in [0.05, 0.1) is 11.6 Å². The molecule has 0 saturated heterocycles.